The largest absolute Gasteiger partial charge is 0.390 e. The molecule has 0 aromatic heterocycles. The van der Waals surface area contributed by atoms with E-state index in [0.717, 1.165) is 38.6 Å². The molecule has 0 aliphatic heterocycles. The predicted octanol–water partition coefficient (Wildman–Crippen LogP) is 1.09. The maximum atomic E-state index is 10.1. The van der Waals surface area contributed by atoms with Gasteiger partial charge in [-0.25, -0.2) is 0 Å². The molecule has 0 amide bonds. The van der Waals surface area contributed by atoms with Crippen LogP contribution in [0.2, 0.25) is 0 Å². The van der Waals surface area contributed by atoms with Gasteiger partial charge in [0.25, 0.3) is 0 Å². The highest BCUT2D eigenvalue weighted by atomic mass is 16.5. The molecule has 4 nitrogen and oxygen atoms in total. The number of aliphatic hydroxyl groups excluding tert-OH is 1. The van der Waals surface area contributed by atoms with E-state index < -0.39 is 0 Å². The molecule has 0 bridgehead atoms. The fourth-order valence-corrected chi connectivity index (χ4v) is 2.33. The fraction of sp³-hybridized carbons (Fsp3) is 1.00. The van der Waals surface area contributed by atoms with Crippen LogP contribution in [-0.4, -0.2) is 62.0 Å². The topological polar surface area (TPSA) is 44.7 Å². The average Bonchev–Trinajstić information content (AvgIpc) is 3.18. The summed E-state index contributed by atoms with van der Waals surface area (Å²) in [5.74, 6) is 0.831. The quantitative estimate of drug-likeness (QED) is 0.545. The SMILES string of the molecule is CCCNCC(O)CN(CCOC)C(C)C1CC1. The zero-order valence-corrected chi connectivity index (χ0v) is 12.2. The number of hydrogen-bond acceptors (Lipinski definition) is 4. The third kappa shape index (κ3) is 6.14. The highest BCUT2D eigenvalue weighted by Crippen LogP contribution is 2.35. The van der Waals surface area contributed by atoms with Crippen LogP contribution in [0.5, 0.6) is 0 Å². The summed E-state index contributed by atoms with van der Waals surface area (Å²) in [6.45, 7) is 8.49. The fourth-order valence-electron chi connectivity index (χ4n) is 2.33. The molecule has 1 aliphatic rings. The van der Waals surface area contributed by atoms with Crippen molar-refractivity contribution < 1.29 is 9.84 Å². The molecule has 0 radical (unpaired) electrons. The Balaban J connectivity index is 2.29. The van der Waals surface area contributed by atoms with Crippen molar-refractivity contribution in [3.8, 4) is 0 Å². The summed E-state index contributed by atoms with van der Waals surface area (Å²) >= 11 is 0. The minimum absolute atomic E-state index is 0.283. The van der Waals surface area contributed by atoms with Gasteiger partial charge in [-0.15, -0.1) is 0 Å². The van der Waals surface area contributed by atoms with Gasteiger partial charge in [-0.3, -0.25) is 4.90 Å². The highest BCUT2D eigenvalue weighted by Gasteiger charge is 2.32. The van der Waals surface area contributed by atoms with Crippen LogP contribution >= 0.6 is 0 Å². The zero-order valence-electron chi connectivity index (χ0n) is 12.2. The van der Waals surface area contributed by atoms with Gasteiger partial charge in [0, 0.05) is 32.8 Å². The molecule has 1 rings (SSSR count). The van der Waals surface area contributed by atoms with Gasteiger partial charge in [0.15, 0.2) is 0 Å². The van der Waals surface area contributed by atoms with Crippen LogP contribution in [0.25, 0.3) is 0 Å². The molecule has 18 heavy (non-hydrogen) atoms. The molecule has 2 N–H and O–H groups in total. The second kappa shape index (κ2) is 8.86. The highest BCUT2D eigenvalue weighted by molar-refractivity contribution is 4.86. The van der Waals surface area contributed by atoms with E-state index in [2.05, 4.69) is 24.1 Å². The molecule has 0 heterocycles. The number of methoxy groups -OCH3 is 1. The summed E-state index contributed by atoms with van der Waals surface area (Å²) < 4.78 is 5.16. The monoisotopic (exact) mass is 258 g/mol. The van der Waals surface area contributed by atoms with E-state index >= 15 is 0 Å². The Bertz CT molecular complexity index is 210. The second-order valence-electron chi connectivity index (χ2n) is 5.42. The number of nitrogens with zero attached hydrogens (tertiary/aromatic N) is 1. The van der Waals surface area contributed by atoms with Crippen molar-refractivity contribution in [3.05, 3.63) is 0 Å². The van der Waals surface area contributed by atoms with Gasteiger partial charge in [-0.1, -0.05) is 6.92 Å². The lowest BCUT2D eigenvalue weighted by atomic mass is 10.1. The summed E-state index contributed by atoms with van der Waals surface area (Å²) in [6.07, 6.45) is 3.51. The molecular formula is C14H30N2O2. The van der Waals surface area contributed by atoms with Crippen molar-refractivity contribution in [2.24, 2.45) is 5.92 Å². The van der Waals surface area contributed by atoms with E-state index in [-0.39, 0.29) is 6.10 Å². The lowest BCUT2D eigenvalue weighted by Gasteiger charge is -2.31. The Morgan fingerprint density at radius 3 is 2.72 bits per heavy atom. The number of hydrogen-bond donors (Lipinski definition) is 2. The summed E-state index contributed by atoms with van der Waals surface area (Å²) in [7, 11) is 1.74. The number of nitrogens with one attached hydrogen (secondary N) is 1. The summed E-state index contributed by atoms with van der Waals surface area (Å²) in [4.78, 5) is 2.37. The first-order chi connectivity index (χ1) is 8.69. The molecule has 0 saturated heterocycles. The van der Waals surface area contributed by atoms with Gasteiger partial charge < -0.3 is 15.2 Å². The molecule has 2 unspecified atom stereocenters. The third-order valence-corrected chi connectivity index (χ3v) is 3.71. The maximum absolute atomic E-state index is 10.1. The Morgan fingerprint density at radius 1 is 1.44 bits per heavy atom. The van der Waals surface area contributed by atoms with Gasteiger partial charge in [0.1, 0.15) is 0 Å². The Kier molecular flexibility index (Phi) is 7.82. The first kappa shape index (κ1) is 15.9. The van der Waals surface area contributed by atoms with E-state index in [0.29, 0.717) is 12.6 Å². The molecule has 1 aliphatic carbocycles. The minimum atomic E-state index is -0.283. The molecule has 0 spiro atoms. The Morgan fingerprint density at radius 2 is 2.17 bits per heavy atom. The molecule has 4 heteroatoms. The lowest BCUT2D eigenvalue weighted by molar-refractivity contribution is 0.0623. The van der Waals surface area contributed by atoms with Crippen LogP contribution in [0.15, 0.2) is 0 Å². The van der Waals surface area contributed by atoms with E-state index in [9.17, 15) is 5.11 Å². The van der Waals surface area contributed by atoms with Crippen LogP contribution in [0.1, 0.15) is 33.1 Å². The molecule has 0 aromatic carbocycles. The van der Waals surface area contributed by atoms with Crippen LogP contribution in [0.3, 0.4) is 0 Å². The van der Waals surface area contributed by atoms with Crippen LogP contribution < -0.4 is 5.32 Å². The summed E-state index contributed by atoms with van der Waals surface area (Å²) in [5.41, 5.74) is 0. The van der Waals surface area contributed by atoms with Crippen molar-refractivity contribution >= 4 is 0 Å². The minimum Gasteiger partial charge on any atom is -0.390 e. The van der Waals surface area contributed by atoms with Crippen LogP contribution in [0.4, 0.5) is 0 Å². The molecule has 0 aromatic rings. The van der Waals surface area contributed by atoms with Crippen molar-refractivity contribution in [2.45, 2.75) is 45.3 Å². The first-order valence-electron chi connectivity index (χ1n) is 7.30. The summed E-state index contributed by atoms with van der Waals surface area (Å²) in [6, 6.07) is 0.570. The third-order valence-electron chi connectivity index (χ3n) is 3.71. The van der Waals surface area contributed by atoms with Crippen molar-refractivity contribution in [1.29, 1.82) is 0 Å². The zero-order chi connectivity index (χ0) is 13.4. The van der Waals surface area contributed by atoms with Gasteiger partial charge in [-0.2, -0.15) is 0 Å². The van der Waals surface area contributed by atoms with Gasteiger partial charge in [0.2, 0.25) is 0 Å². The molecule has 108 valence electrons. The van der Waals surface area contributed by atoms with E-state index in [4.69, 9.17) is 4.74 Å². The van der Waals surface area contributed by atoms with E-state index in [1.54, 1.807) is 7.11 Å². The standard InChI is InChI=1S/C14H30N2O2/c1-4-7-15-10-14(17)11-16(8-9-18-3)12(2)13-5-6-13/h12-15,17H,4-11H2,1-3H3. The van der Waals surface area contributed by atoms with Crippen molar-refractivity contribution in [2.75, 3.05) is 39.9 Å². The number of rotatable bonds is 11. The normalized spacial score (nSPS) is 19.2. The van der Waals surface area contributed by atoms with Gasteiger partial charge >= 0.3 is 0 Å². The number of aliphatic hydroxyl groups is 1. The van der Waals surface area contributed by atoms with Crippen LogP contribution in [-0.2, 0) is 4.74 Å². The first-order valence-corrected chi connectivity index (χ1v) is 7.30. The van der Waals surface area contributed by atoms with E-state index in [1.165, 1.54) is 12.8 Å². The molecular weight excluding hydrogens is 228 g/mol. The lowest BCUT2D eigenvalue weighted by Crippen LogP contribution is -2.44. The maximum Gasteiger partial charge on any atom is 0.0791 e. The van der Waals surface area contributed by atoms with Gasteiger partial charge in [0.05, 0.1) is 12.7 Å². The Labute approximate surface area is 112 Å². The smallest absolute Gasteiger partial charge is 0.0791 e. The molecule has 1 saturated carbocycles. The van der Waals surface area contributed by atoms with Crippen molar-refractivity contribution in [3.63, 3.8) is 0 Å². The Hall–Kier alpha value is -0.160. The molecule has 1 fully saturated rings. The predicted molar refractivity (Wildman–Crippen MR) is 74.8 cm³/mol. The second-order valence-corrected chi connectivity index (χ2v) is 5.42. The molecule has 2 atom stereocenters. The van der Waals surface area contributed by atoms with Crippen molar-refractivity contribution in [1.82, 2.24) is 10.2 Å². The van der Waals surface area contributed by atoms with Gasteiger partial charge in [-0.05, 0) is 38.6 Å². The average molecular weight is 258 g/mol. The van der Waals surface area contributed by atoms with Crippen LogP contribution in [0, 0.1) is 5.92 Å². The summed E-state index contributed by atoms with van der Waals surface area (Å²) in [5, 5.41) is 13.3. The number of ether oxygens (including phenoxy) is 1. The van der Waals surface area contributed by atoms with E-state index in [1.807, 2.05) is 0 Å².